The summed E-state index contributed by atoms with van der Waals surface area (Å²) in [7, 11) is -1.98. The summed E-state index contributed by atoms with van der Waals surface area (Å²) in [5, 5.41) is 6.41. The minimum absolute atomic E-state index is 0.284. The molecule has 3 N–H and O–H groups in total. The fourth-order valence-electron chi connectivity index (χ4n) is 3.02. The predicted octanol–water partition coefficient (Wildman–Crippen LogP) is 5.45. The van der Waals surface area contributed by atoms with Crippen LogP contribution in [0.1, 0.15) is 10.6 Å². The average Bonchev–Trinajstić information content (AvgIpc) is 3.22. The number of hydrogen-bond acceptors (Lipinski definition) is 8. The van der Waals surface area contributed by atoms with E-state index in [1.807, 2.05) is 44.2 Å². The van der Waals surface area contributed by atoms with Crippen molar-refractivity contribution in [1.82, 2.24) is 9.97 Å². The number of aryl methyl sites for hydroxylation is 2. The van der Waals surface area contributed by atoms with Crippen LogP contribution in [0.15, 0.2) is 70.9 Å². The van der Waals surface area contributed by atoms with Crippen LogP contribution in [0.5, 0.6) is 5.75 Å². The number of ether oxygens (including phenoxy) is 1. The topological polar surface area (TPSA) is 105 Å². The smallest absolute Gasteiger partial charge is 0.271 e. The molecule has 0 unspecified atom stereocenters. The summed E-state index contributed by atoms with van der Waals surface area (Å²) in [5.41, 5.74) is 2.86. The van der Waals surface area contributed by atoms with Gasteiger partial charge in [-0.25, -0.2) is 13.4 Å². The van der Waals surface area contributed by atoms with Gasteiger partial charge in [0.1, 0.15) is 15.8 Å². The molecule has 0 amide bonds. The first-order valence-electron chi connectivity index (χ1n) is 10.0. The van der Waals surface area contributed by atoms with Crippen molar-refractivity contribution in [1.29, 1.82) is 0 Å². The second-order valence-electron chi connectivity index (χ2n) is 7.24. The number of methoxy groups -OCH3 is 1. The number of rotatable bonds is 8. The van der Waals surface area contributed by atoms with Gasteiger partial charge >= 0.3 is 0 Å². The van der Waals surface area contributed by atoms with Crippen LogP contribution in [0.4, 0.5) is 28.8 Å². The summed E-state index contributed by atoms with van der Waals surface area (Å²) in [6.45, 7) is 3.76. The van der Waals surface area contributed by atoms with Gasteiger partial charge in [0.15, 0.2) is 0 Å². The third-order valence-corrected chi connectivity index (χ3v) is 7.46. The highest BCUT2D eigenvalue weighted by Crippen LogP contribution is 2.25. The molecule has 10 heteroatoms. The maximum Gasteiger partial charge on any atom is 0.271 e. The van der Waals surface area contributed by atoms with Gasteiger partial charge in [-0.2, -0.15) is 4.98 Å². The second kappa shape index (κ2) is 9.47. The van der Waals surface area contributed by atoms with Gasteiger partial charge in [-0.1, -0.05) is 0 Å². The number of anilines is 5. The highest BCUT2D eigenvalue weighted by Gasteiger charge is 2.16. The largest absolute Gasteiger partial charge is 0.497 e. The summed E-state index contributed by atoms with van der Waals surface area (Å²) in [5.74, 6) is 1.84. The van der Waals surface area contributed by atoms with E-state index in [0.717, 1.165) is 27.7 Å². The first-order chi connectivity index (χ1) is 15.8. The summed E-state index contributed by atoms with van der Waals surface area (Å²) >= 11 is 1.23. The maximum atomic E-state index is 12.5. The molecule has 2 aromatic heterocycles. The van der Waals surface area contributed by atoms with Crippen molar-refractivity contribution < 1.29 is 13.2 Å². The number of thiophene rings is 1. The molecule has 0 radical (unpaired) electrons. The monoisotopic (exact) mass is 481 g/mol. The molecule has 0 spiro atoms. The first-order valence-corrected chi connectivity index (χ1v) is 12.3. The fraction of sp³-hybridized carbons (Fsp3) is 0.130. The van der Waals surface area contributed by atoms with Crippen molar-refractivity contribution in [2.45, 2.75) is 18.1 Å². The Labute approximate surface area is 196 Å². The minimum atomic E-state index is -3.60. The molecular formula is C23H23N5O3S2. The SMILES string of the molecule is COc1ccc(Nc2cc(C)nc(Nc3ccc(NS(=O)(=O)c4ccc(C)s4)cc3)n2)cc1. The number of benzene rings is 2. The van der Waals surface area contributed by atoms with E-state index in [2.05, 4.69) is 25.3 Å². The molecule has 0 bridgehead atoms. The normalized spacial score (nSPS) is 11.1. The quantitative estimate of drug-likeness (QED) is 0.307. The lowest BCUT2D eigenvalue weighted by Crippen LogP contribution is -2.11. The predicted molar refractivity (Wildman–Crippen MR) is 133 cm³/mol. The Hall–Kier alpha value is -3.63. The Kier molecular flexibility index (Phi) is 6.47. The van der Waals surface area contributed by atoms with Crippen LogP contribution in [0.3, 0.4) is 0 Å². The Balaban J connectivity index is 1.45. The van der Waals surface area contributed by atoms with Crippen LogP contribution in [-0.4, -0.2) is 25.5 Å². The van der Waals surface area contributed by atoms with Crippen LogP contribution < -0.4 is 20.1 Å². The number of aromatic nitrogens is 2. The fourth-order valence-corrected chi connectivity index (χ4v) is 5.37. The summed E-state index contributed by atoms with van der Waals surface area (Å²) in [6, 6.07) is 19.7. The van der Waals surface area contributed by atoms with E-state index >= 15 is 0 Å². The van der Waals surface area contributed by atoms with Crippen molar-refractivity contribution in [3.8, 4) is 5.75 Å². The Morgan fingerprint density at radius 2 is 1.45 bits per heavy atom. The third-order valence-electron chi connectivity index (χ3n) is 4.59. The minimum Gasteiger partial charge on any atom is -0.497 e. The van der Waals surface area contributed by atoms with Gasteiger partial charge in [0.05, 0.1) is 7.11 Å². The Morgan fingerprint density at radius 3 is 2.09 bits per heavy atom. The molecule has 4 aromatic rings. The molecule has 0 atom stereocenters. The van der Waals surface area contributed by atoms with Gasteiger partial charge in [0.25, 0.3) is 10.0 Å². The molecule has 2 heterocycles. The Morgan fingerprint density at radius 1 is 0.818 bits per heavy atom. The molecule has 0 aliphatic heterocycles. The van der Waals surface area contributed by atoms with E-state index in [-0.39, 0.29) is 4.21 Å². The van der Waals surface area contributed by atoms with Crippen LogP contribution >= 0.6 is 11.3 Å². The average molecular weight is 482 g/mol. The molecule has 0 saturated carbocycles. The lowest BCUT2D eigenvalue weighted by molar-refractivity contribution is 0.415. The van der Waals surface area contributed by atoms with Crippen LogP contribution in [0.25, 0.3) is 0 Å². The molecule has 170 valence electrons. The highest BCUT2D eigenvalue weighted by molar-refractivity contribution is 7.94. The number of hydrogen-bond donors (Lipinski definition) is 3. The van der Waals surface area contributed by atoms with Crippen molar-refractivity contribution in [3.05, 3.63) is 77.3 Å². The lowest BCUT2D eigenvalue weighted by atomic mass is 10.3. The number of nitrogens with one attached hydrogen (secondary N) is 3. The molecule has 2 aromatic carbocycles. The summed E-state index contributed by atoms with van der Waals surface area (Å²) in [4.78, 5) is 9.88. The van der Waals surface area contributed by atoms with E-state index in [1.54, 1.807) is 43.5 Å². The molecule has 0 aliphatic carbocycles. The number of sulfonamides is 1. The van der Waals surface area contributed by atoms with E-state index < -0.39 is 10.0 Å². The zero-order valence-corrected chi connectivity index (χ0v) is 19.9. The van der Waals surface area contributed by atoms with Crippen LogP contribution in [-0.2, 0) is 10.0 Å². The van der Waals surface area contributed by atoms with Crippen molar-refractivity contribution >= 4 is 50.2 Å². The van der Waals surface area contributed by atoms with Gasteiger partial charge < -0.3 is 15.4 Å². The summed E-state index contributed by atoms with van der Waals surface area (Å²) < 4.78 is 33.1. The molecule has 8 nitrogen and oxygen atoms in total. The zero-order valence-electron chi connectivity index (χ0n) is 18.3. The van der Waals surface area contributed by atoms with Gasteiger partial charge in [-0.3, -0.25) is 4.72 Å². The van der Waals surface area contributed by atoms with Gasteiger partial charge in [0, 0.05) is 33.7 Å². The standard InChI is InChI=1S/C23H23N5O3S2/c1-15-14-21(25-17-9-11-20(31-3)12-10-17)27-23(24-15)26-18-5-7-19(8-6-18)28-33(29,30)22-13-4-16(2)32-22/h4-14,28H,1-3H3,(H2,24,25,26,27). The van der Waals surface area contributed by atoms with Gasteiger partial charge in [-0.15, -0.1) is 11.3 Å². The lowest BCUT2D eigenvalue weighted by Gasteiger charge is -2.11. The summed E-state index contributed by atoms with van der Waals surface area (Å²) in [6.07, 6.45) is 0. The highest BCUT2D eigenvalue weighted by atomic mass is 32.2. The van der Waals surface area contributed by atoms with Crippen LogP contribution in [0.2, 0.25) is 0 Å². The van der Waals surface area contributed by atoms with Gasteiger partial charge in [0.2, 0.25) is 5.95 Å². The molecule has 4 rings (SSSR count). The van der Waals surface area contributed by atoms with E-state index in [1.165, 1.54) is 11.3 Å². The van der Waals surface area contributed by atoms with Crippen molar-refractivity contribution in [3.63, 3.8) is 0 Å². The van der Waals surface area contributed by atoms with Crippen LogP contribution in [0, 0.1) is 13.8 Å². The molecule has 0 saturated heterocycles. The molecule has 0 fully saturated rings. The van der Waals surface area contributed by atoms with E-state index in [9.17, 15) is 8.42 Å². The third kappa shape index (κ3) is 5.79. The molecule has 33 heavy (non-hydrogen) atoms. The Bertz CT molecular complexity index is 1350. The van der Waals surface area contributed by atoms with Gasteiger partial charge in [-0.05, 0) is 74.5 Å². The second-order valence-corrected chi connectivity index (χ2v) is 10.4. The van der Waals surface area contributed by atoms with Crippen molar-refractivity contribution in [2.24, 2.45) is 0 Å². The molecule has 0 aliphatic rings. The molecular weight excluding hydrogens is 458 g/mol. The van der Waals surface area contributed by atoms with E-state index in [4.69, 9.17) is 4.74 Å². The maximum absolute atomic E-state index is 12.5. The van der Waals surface area contributed by atoms with E-state index in [0.29, 0.717) is 17.5 Å². The number of nitrogens with zero attached hydrogens (tertiary/aromatic N) is 2. The first kappa shape index (κ1) is 22.6. The zero-order chi connectivity index (χ0) is 23.4. The van der Waals surface area contributed by atoms with Crippen molar-refractivity contribution in [2.75, 3.05) is 22.5 Å².